The number of nitrogens with zero attached hydrogens (tertiary/aromatic N) is 1. The first-order chi connectivity index (χ1) is 12.5. The van der Waals surface area contributed by atoms with Crippen LogP contribution in [0.1, 0.15) is 46.0 Å². The van der Waals surface area contributed by atoms with E-state index in [4.69, 9.17) is 9.47 Å². The predicted molar refractivity (Wildman–Crippen MR) is 95.6 cm³/mol. The molecule has 6 rings (SSSR count). The van der Waals surface area contributed by atoms with Crippen LogP contribution in [0.3, 0.4) is 0 Å². The minimum atomic E-state index is -0.780. The zero-order valence-electron chi connectivity index (χ0n) is 15.3. The van der Waals surface area contributed by atoms with E-state index in [0.717, 1.165) is 37.8 Å². The van der Waals surface area contributed by atoms with Gasteiger partial charge in [0, 0.05) is 17.8 Å². The van der Waals surface area contributed by atoms with E-state index in [1.165, 1.54) is 0 Å². The van der Waals surface area contributed by atoms with Gasteiger partial charge in [-0.15, -0.1) is 0 Å². The van der Waals surface area contributed by atoms with Gasteiger partial charge in [-0.25, -0.2) is 9.69 Å². The fourth-order valence-corrected chi connectivity index (χ4v) is 6.32. The van der Waals surface area contributed by atoms with Crippen molar-refractivity contribution in [2.45, 2.75) is 63.4 Å². The lowest BCUT2D eigenvalue weighted by molar-refractivity contribution is -0.292. The van der Waals surface area contributed by atoms with Crippen LogP contribution in [0.4, 0.5) is 10.5 Å². The number of Topliss-reactive ketones (excluding diaryl/α,β-unsaturated/α-hetero) is 1. The Balaban J connectivity index is 1.71. The smallest absolute Gasteiger partial charge is 0.417 e. The van der Waals surface area contributed by atoms with Crippen LogP contribution in [0.2, 0.25) is 0 Å². The third kappa shape index (κ3) is 1.80. The van der Waals surface area contributed by atoms with Crippen molar-refractivity contribution >= 4 is 17.6 Å². The monoisotopic (exact) mass is 355 g/mol. The number of anilines is 1. The lowest BCUT2D eigenvalue weighted by atomic mass is 9.50. The zero-order chi connectivity index (χ0) is 18.1. The summed E-state index contributed by atoms with van der Waals surface area (Å²) in [5.41, 5.74) is -0.664. The van der Waals surface area contributed by atoms with E-state index in [2.05, 4.69) is 6.92 Å². The molecule has 5 aliphatic rings. The molecule has 5 heteroatoms. The highest BCUT2D eigenvalue weighted by molar-refractivity contribution is 5.93. The predicted octanol–water partition coefficient (Wildman–Crippen LogP) is 3.91. The molecule has 1 amide bonds. The maximum Gasteiger partial charge on any atom is 0.417 e. The van der Waals surface area contributed by atoms with E-state index in [-0.39, 0.29) is 35.7 Å². The lowest BCUT2D eigenvalue weighted by Crippen LogP contribution is -2.76. The third-order valence-electron chi connectivity index (χ3n) is 7.23. The molecular formula is C21H25NO4. The summed E-state index contributed by atoms with van der Waals surface area (Å²) < 4.78 is 12.8. The molecule has 3 aliphatic carbocycles. The largest absolute Gasteiger partial charge is 0.437 e. The number of fused-ring (bicyclic) bond motifs is 2. The Labute approximate surface area is 153 Å². The molecule has 0 N–H and O–H groups in total. The Morgan fingerprint density at radius 3 is 2.69 bits per heavy atom. The molecule has 0 radical (unpaired) electrons. The number of benzene rings is 1. The maximum absolute atomic E-state index is 13.1. The quantitative estimate of drug-likeness (QED) is 0.807. The topological polar surface area (TPSA) is 55.8 Å². The lowest BCUT2D eigenvalue weighted by Gasteiger charge is -2.64. The summed E-state index contributed by atoms with van der Waals surface area (Å²) in [6.07, 6.45) is 4.06. The van der Waals surface area contributed by atoms with Crippen molar-refractivity contribution in [2.75, 3.05) is 4.90 Å². The third-order valence-corrected chi connectivity index (χ3v) is 7.23. The molecule has 6 atom stereocenters. The number of ether oxygens (including phenoxy) is 2. The van der Waals surface area contributed by atoms with Crippen molar-refractivity contribution in [3.63, 3.8) is 0 Å². The van der Waals surface area contributed by atoms with E-state index in [0.29, 0.717) is 0 Å². The van der Waals surface area contributed by atoms with Crippen LogP contribution in [-0.4, -0.2) is 29.3 Å². The van der Waals surface area contributed by atoms with Crippen molar-refractivity contribution < 1.29 is 19.1 Å². The van der Waals surface area contributed by atoms with Crippen LogP contribution in [0.25, 0.3) is 0 Å². The van der Waals surface area contributed by atoms with E-state index < -0.39 is 11.3 Å². The summed E-state index contributed by atoms with van der Waals surface area (Å²) in [5.74, 6) is 0.365. The van der Waals surface area contributed by atoms with Crippen LogP contribution < -0.4 is 4.90 Å². The molecule has 0 spiro atoms. The number of carbonyl (C=O) groups excluding carboxylic acids is 2. The summed E-state index contributed by atoms with van der Waals surface area (Å²) in [7, 11) is 0. The van der Waals surface area contributed by atoms with Gasteiger partial charge in [0.25, 0.3) is 0 Å². The fraction of sp³-hybridized carbons (Fsp3) is 0.619. The average molecular weight is 355 g/mol. The van der Waals surface area contributed by atoms with E-state index >= 15 is 0 Å². The minimum absolute atomic E-state index is 0.0256. The Hall–Kier alpha value is -1.88. The number of carbonyl (C=O) groups is 2. The Bertz CT molecular complexity index is 765. The van der Waals surface area contributed by atoms with Gasteiger partial charge in [-0.2, -0.15) is 0 Å². The fourth-order valence-electron chi connectivity index (χ4n) is 6.32. The van der Waals surface area contributed by atoms with Gasteiger partial charge in [0.2, 0.25) is 0 Å². The SMILES string of the molecule is CC(=O)[C@H]1C[C@H]2CC[C@@H]1[C@]13CCC(C)O[C@]21N(c1ccccc1)C(=O)O3. The molecule has 2 heterocycles. The number of hydrogen-bond acceptors (Lipinski definition) is 4. The molecule has 26 heavy (non-hydrogen) atoms. The number of hydrogen-bond donors (Lipinski definition) is 0. The number of amides is 1. The first-order valence-corrected chi connectivity index (χ1v) is 9.76. The molecule has 138 valence electrons. The highest BCUT2D eigenvalue weighted by Crippen LogP contribution is 2.67. The minimum Gasteiger partial charge on any atom is -0.437 e. The normalized spacial score (nSPS) is 43.6. The van der Waals surface area contributed by atoms with Gasteiger partial charge in [-0.1, -0.05) is 18.2 Å². The van der Waals surface area contributed by atoms with Crippen molar-refractivity contribution in [2.24, 2.45) is 17.8 Å². The molecule has 3 saturated carbocycles. The zero-order valence-corrected chi connectivity index (χ0v) is 15.3. The second-order valence-corrected chi connectivity index (χ2v) is 8.43. The Morgan fingerprint density at radius 1 is 1.19 bits per heavy atom. The van der Waals surface area contributed by atoms with E-state index in [1.54, 1.807) is 11.8 Å². The highest BCUT2D eigenvalue weighted by Gasteiger charge is 2.79. The van der Waals surface area contributed by atoms with Crippen LogP contribution >= 0.6 is 0 Å². The van der Waals surface area contributed by atoms with E-state index in [1.807, 2.05) is 30.3 Å². The van der Waals surface area contributed by atoms with Crippen LogP contribution in [0.5, 0.6) is 0 Å². The van der Waals surface area contributed by atoms with Gasteiger partial charge in [0.05, 0.1) is 11.8 Å². The highest BCUT2D eigenvalue weighted by atomic mass is 16.6. The van der Waals surface area contributed by atoms with Gasteiger partial charge >= 0.3 is 6.09 Å². The second-order valence-electron chi connectivity index (χ2n) is 8.43. The average Bonchev–Trinajstić information content (AvgIpc) is 2.93. The van der Waals surface area contributed by atoms with Gasteiger partial charge in [-0.05, 0) is 58.1 Å². The van der Waals surface area contributed by atoms with Crippen LogP contribution in [0, 0.1) is 17.8 Å². The summed E-state index contributed by atoms with van der Waals surface area (Å²) >= 11 is 0. The molecule has 5 fully saturated rings. The van der Waals surface area contributed by atoms with E-state index in [9.17, 15) is 9.59 Å². The second kappa shape index (κ2) is 5.32. The Morgan fingerprint density at radius 2 is 1.96 bits per heavy atom. The van der Waals surface area contributed by atoms with Crippen LogP contribution in [-0.2, 0) is 14.3 Å². The summed E-state index contributed by atoms with van der Waals surface area (Å²) in [5, 5.41) is 0. The van der Waals surface area contributed by atoms with Gasteiger partial charge < -0.3 is 9.47 Å². The number of rotatable bonds is 2. The molecule has 0 aromatic heterocycles. The van der Waals surface area contributed by atoms with Crippen molar-refractivity contribution in [3.8, 4) is 0 Å². The standard InChI is InChI=1S/C21H25NO4/c1-13-10-11-20-18-9-8-15(12-17(18)14(2)23)21(20,25-13)22(19(24)26-20)16-6-4-3-5-7-16/h3-7,13,15,17-18H,8-12H2,1-2H3/t13?,15-,17-,18+,20-,21-/m1/s1. The molecule has 1 unspecified atom stereocenters. The summed E-state index contributed by atoms with van der Waals surface area (Å²) in [6.45, 7) is 3.76. The first-order valence-electron chi connectivity index (χ1n) is 9.76. The van der Waals surface area contributed by atoms with Crippen LogP contribution in [0.15, 0.2) is 30.3 Å². The Kier molecular flexibility index (Phi) is 3.34. The molecule has 2 aliphatic heterocycles. The van der Waals surface area contributed by atoms with Gasteiger partial charge in [0.15, 0.2) is 11.3 Å². The van der Waals surface area contributed by atoms with Crippen molar-refractivity contribution in [3.05, 3.63) is 30.3 Å². The summed E-state index contributed by atoms with van der Waals surface area (Å²) in [4.78, 5) is 27.3. The molecule has 5 nitrogen and oxygen atoms in total. The van der Waals surface area contributed by atoms with Gasteiger partial charge in [0.1, 0.15) is 5.78 Å². The molecule has 2 saturated heterocycles. The maximum atomic E-state index is 13.1. The molecule has 1 aromatic carbocycles. The molecule has 2 bridgehead atoms. The molecule has 1 aromatic rings. The summed E-state index contributed by atoms with van der Waals surface area (Å²) in [6, 6.07) is 9.70. The number of para-hydroxylation sites is 1. The van der Waals surface area contributed by atoms with Crippen molar-refractivity contribution in [1.29, 1.82) is 0 Å². The van der Waals surface area contributed by atoms with Crippen molar-refractivity contribution in [1.82, 2.24) is 0 Å². The molecular weight excluding hydrogens is 330 g/mol. The first kappa shape index (κ1) is 16.3. The van der Waals surface area contributed by atoms with Gasteiger partial charge in [-0.3, -0.25) is 4.79 Å². The number of ketones is 1.